The number of nitrogens with zero attached hydrogens (tertiary/aromatic N) is 1. The third kappa shape index (κ3) is 7.12. The lowest BCUT2D eigenvalue weighted by Crippen LogP contribution is -2.50. The van der Waals surface area contributed by atoms with Crippen LogP contribution < -0.4 is 10.6 Å². The number of amides is 2. The van der Waals surface area contributed by atoms with E-state index in [9.17, 15) is 14.7 Å². The van der Waals surface area contributed by atoms with Crippen molar-refractivity contribution in [2.24, 2.45) is 5.41 Å². The SMILES string of the molecule is CCC[C@H](NC(=O)[C@@H](O)C(C)(C)C)C(=O)Nc1ncc(-c2ccccc2COCC)s1. The number of hydrogen-bond donors (Lipinski definition) is 3. The zero-order chi connectivity index (χ0) is 23.0. The van der Waals surface area contributed by atoms with Crippen LogP contribution in [0.4, 0.5) is 5.13 Å². The molecule has 1 heterocycles. The van der Waals surface area contributed by atoms with E-state index in [0.717, 1.165) is 16.0 Å². The number of rotatable bonds is 10. The molecule has 3 N–H and O–H groups in total. The maximum absolute atomic E-state index is 12.8. The Labute approximate surface area is 188 Å². The van der Waals surface area contributed by atoms with Crippen LogP contribution in [-0.4, -0.2) is 40.7 Å². The Morgan fingerprint density at radius 2 is 1.90 bits per heavy atom. The number of carbonyl (C=O) groups excluding carboxylic acids is 2. The Bertz CT molecular complexity index is 876. The Morgan fingerprint density at radius 3 is 2.55 bits per heavy atom. The molecule has 0 aliphatic carbocycles. The van der Waals surface area contributed by atoms with Gasteiger partial charge in [-0.05, 0) is 29.9 Å². The van der Waals surface area contributed by atoms with Crippen molar-refractivity contribution < 1.29 is 19.4 Å². The molecule has 1 aromatic heterocycles. The van der Waals surface area contributed by atoms with Crippen LogP contribution in [0, 0.1) is 5.41 Å². The Balaban J connectivity index is 2.11. The van der Waals surface area contributed by atoms with Crippen LogP contribution >= 0.6 is 11.3 Å². The van der Waals surface area contributed by atoms with E-state index in [0.29, 0.717) is 31.2 Å². The first-order valence-electron chi connectivity index (χ1n) is 10.6. The second-order valence-corrected chi connectivity index (χ2v) is 9.46. The summed E-state index contributed by atoms with van der Waals surface area (Å²) in [6.45, 7) is 10.3. The first-order chi connectivity index (χ1) is 14.7. The smallest absolute Gasteiger partial charge is 0.250 e. The minimum absolute atomic E-state index is 0.347. The van der Waals surface area contributed by atoms with Gasteiger partial charge in [0, 0.05) is 12.8 Å². The molecule has 170 valence electrons. The van der Waals surface area contributed by atoms with E-state index in [2.05, 4.69) is 15.6 Å². The molecule has 0 bridgehead atoms. The van der Waals surface area contributed by atoms with Gasteiger partial charge in [-0.15, -0.1) is 0 Å². The van der Waals surface area contributed by atoms with Gasteiger partial charge in [-0.3, -0.25) is 9.59 Å². The van der Waals surface area contributed by atoms with E-state index >= 15 is 0 Å². The quantitative estimate of drug-likeness (QED) is 0.512. The minimum Gasteiger partial charge on any atom is -0.383 e. The highest BCUT2D eigenvalue weighted by Gasteiger charge is 2.32. The summed E-state index contributed by atoms with van der Waals surface area (Å²) in [5.41, 5.74) is 1.45. The number of aromatic nitrogens is 1. The molecule has 2 aromatic rings. The summed E-state index contributed by atoms with van der Waals surface area (Å²) in [7, 11) is 0. The van der Waals surface area contributed by atoms with Gasteiger partial charge in [-0.1, -0.05) is 69.7 Å². The first-order valence-corrected chi connectivity index (χ1v) is 11.4. The van der Waals surface area contributed by atoms with Gasteiger partial charge in [-0.2, -0.15) is 0 Å². The van der Waals surface area contributed by atoms with Crippen LogP contribution in [0.5, 0.6) is 0 Å². The average molecular weight is 448 g/mol. The monoisotopic (exact) mass is 447 g/mol. The van der Waals surface area contributed by atoms with Crippen LogP contribution in [0.3, 0.4) is 0 Å². The zero-order valence-corrected chi connectivity index (χ0v) is 19.7. The van der Waals surface area contributed by atoms with Gasteiger partial charge in [0.1, 0.15) is 12.1 Å². The lowest BCUT2D eigenvalue weighted by molar-refractivity contribution is -0.137. The van der Waals surface area contributed by atoms with Gasteiger partial charge in [0.25, 0.3) is 0 Å². The molecule has 0 spiro atoms. The Hall–Kier alpha value is -2.29. The third-order valence-corrected chi connectivity index (χ3v) is 5.71. The number of aliphatic hydroxyl groups excluding tert-OH is 1. The van der Waals surface area contributed by atoms with Gasteiger partial charge >= 0.3 is 0 Å². The molecular formula is C23H33N3O4S. The highest BCUT2D eigenvalue weighted by Crippen LogP contribution is 2.32. The van der Waals surface area contributed by atoms with Crippen molar-refractivity contribution in [1.29, 1.82) is 0 Å². The molecule has 0 fully saturated rings. The van der Waals surface area contributed by atoms with Crippen molar-refractivity contribution in [2.45, 2.75) is 66.2 Å². The minimum atomic E-state index is -1.20. The Kier molecular flexibility index (Phi) is 9.15. The molecule has 0 saturated heterocycles. The zero-order valence-electron chi connectivity index (χ0n) is 18.9. The number of ether oxygens (including phenoxy) is 1. The fourth-order valence-corrected chi connectivity index (χ4v) is 3.83. The molecule has 0 aliphatic heterocycles. The van der Waals surface area contributed by atoms with Crippen molar-refractivity contribution in [3.63, 3.8) is 0 Å². The first kappa shape index (κ1) is 25.0. The fraction of sp³-hybridized carbons (Fsp3) is 0.522. The summed E-state index contributed by atoms with van der Waals surface area (Å²) in [4.78, 5) is 30.4. The van der Waals surface area contributed by atoms with E-state index in [1.807, 2.05) is 38.1 Å². The number of thiazole rings is 1. The lowest BCUT2D eigenvalue weighted by atomic mass is 9.88. The van der Waals surface area contributed by atoms with Crippen molar-refractivity contribution in [3.05, 3.63) is 36.0 Å². The number of benzene rings is 1. The molecule has 0 unspecified atom stereocenters. The molecule has 0 aliphatic rings. The summed E-state index contributed by atoms with van der Waals surface area (Å²) < 4.78 is 5.55. The lowest BCUT2D eigenvalue weighted by Gasteiger charge is -2.26. The molecule has 8 heteroatoms. The van der Waals surface area contributed by atoms with E-state index in [1.54, 1.807) is 27.0 Å². The van der Waals surface area contributed by atoms with Crippen molar-refractivity contribution >= 4 is 28.3 Å². The van der Waals surface area contributed by atoms with Crippen LogP contribution in [-0.2, 0) is 20.9 Å². The maximum atomic E-state index is 12.8. The highest BCUT2D eigenvalue weighted by atomic mass is 32.1. The van der Waals surface area contributed by atoms with Gasteiger partial charge in [-0.25, -0.2) is 4.98 Å². The second-order valence-electron chi connectivity index (χ2n) is 8.43. The molecule has 2 amide bonds. The van der Waals surface area contributed by atoms with E-state index in [-0.39, 0.29) is 5.91 Å². The van der Waals surface area contributed by atoms with Gasteiger partial charge in [0.05, 0.1) is 11.5 Å². The van der Waals surface area contributed by atoms with Crippen LogP contribution in [0.1, 0.15) is 53.0 Å². The standard InChI is InChI=1S/C23H33N3O4S/c1-6-10-17(25-21(29)19(27)23(3,4)5)20(28)26-22-24-13-18(31-22)16-12-9-8-11-15(16)14-30-7-2/h8-9,11-13,17,19,27H,6-7,10,14H2,1-5H3,(H,25,29)(H,24,26,28)/t17-,19+/m0/s1. The van der Waals surface area contributed by atoms with Gasteiger partial charge < -0.3 is 20.5 Å². The van der Waals surface area contributed by atoms with E-state index < -0.39 is 23.5 Å². The molecule has 0 saturated carbocycles. The molecule has 31 heavy (non-hydrogen) atoms. The van der Waals surface area contributed by atoms with Crippen molar-refractivity contribution in [1.82, 2.24) is 10.3 Å². The van der Waals surface area contributed by atoms with Crippen LogP contribution in [0.15, 0.2) is 30.5 Å². The number of aliphatic hydroxyl groups is 1. The summed E-state index contributed by atoms with van der Waals surface area (Å²) in [5.74, 6) is -0.898. The van der Waals surface area contributed by atoms with Crippen molar-refractivity contribution in [3.8, 4) is 10.4 Å². The largest absolute Gasteiger partial charge is 0.383 e. The van der Waals surface area contributed by atoms with Gasteiger partial charge in [0.2, 0.25) is 11.8 Å². The topological polar surface area (TPSA) is 101 Å². The highest BCUT2D eigenvalue weighted by molar-refractivity contribution is 7.19. The van der Waals surface area contributed by atoms with Crippen LogP contribution in [0.2, 0.25) is 0 Å². The molecule has 2 atom stereocenters. The summed E-state index contributed by atoms with van der Waals surface area (Å²) in [5, 5.41) is 16.1. The predicted octanol–water partition coefficient (Wildman–Crippen LogP) is 3.98. The van der Waals surface area contributed by atoms with E-state index in [1.165, 1.54) is 11.3 Å². The predicted molar refractivity (Wildman–Crippen MR) is 124 cm³/mol. The number of anilines is 1. The maximum Gasteiger partial charge on any atom is 0.250 e. The number of nitrogens with one attached hydrogen (secondary N) is 2. The summed E-state index contributed by atoms with van der Waals surface area (Å²) in [6.07, 6.45) is 1.69. The molecule has 7 nitrogen and oxygen atoms in total. The summed E-state index contributed by atoms with van der Waals surface area (Å²) >= 11 is 1.37. The van der Waals surface area contributed by atoms with E-state index in [4.69, 9.17) is 4.74 Å². The average Bonchev–Trinajstić information content (AvgIpc) is 3.18. The molecule has 2 rings (SSSR count). The van der Waals surface area contributed by atoms with Gasteiger partial charge in [0.15, 0.2) is 5.13 Å². The fourth-order valence-electron chi connectivity index (χ4n) is 2.95. The summed E-state index contributed by atoms with van der Waals surface area (Å²) in [6, 6.07) is 7.19. The molecule has 0 radical (unpaired) electrons. The number of carbonyl (C=O) groups is 2. The Morgan fingerprint density at radius 1 is 1.19 bits per heavy atom. The normalized spacial score (nSPS) is 13.5. The van der Waals surface area contributed by atoms with Crippen molar-refractivity contribution in [2.75, 3.05) is 11.9 Å². The molecule has 1 aromatic carbocycles. The number of hydrogen-bond acceptors (Lipinski definition) is 6. The second kappa shape index (κ2) is 11.4. The van der Waals surface area contributed by atoms with Crippen LogP contribution in [0.25, 0.3) is 10.4 Å². The third-order valence-electron chi connectivity index (χ3n) is 4.76. The molecular weight excluding hydrogens is 414 g/mol.